The second kappa shape index (κ2) is 5.41. The molecule has 1 fully saturated rings. The zero-order chi connectivity index (χ0) is 13.1. The Morgan fingerprint density at radius 1 is 1.33 bits per heavy atom. The van der Waals surface area contributed by atoms with Crippen LogP contribution in [-0.2, 0) is 0 Å². The zero-order valence-electron chi connectivity index (χ0n) is 11.3. The largest absolute Gasteiger partial charge is 0.490 e. The number of aryl methyl sites for hydroxylation is 3. The fraction of sp³-hybridized carbons (Fsp3) is 0.533. The summed E-state index contributed by atoms with van der Waals surface area (Å²) in [5, 5.41) is 12.3. The summed E-state index contributed by atoms with van der Waals surface area (Å²) < 4.78 is 5.82. The van der Waals surface area contributed by atoms with Gasteiger partial charge in [-0.2, -0.15) is 5.26 Å². The van der Waals surface area contributed by atoms with E-state index in [0.29, 0.717) is 12.6 Å². The van der Waals surface area contributed by atoms with E-state index in [1.165, 1.54) is 18.4 Å². The summed E-state index contributed by atoms with van der Waals surface area (Å²) in [6, 6.07) is 6.79. The van der Waals surface area contributed by atoms with E-state index in [4.69, 9.17) is 10.00 Å². The van der Waals surface area contributed by atoms with Gasteiger partial charge in [-0.1, -0.05) is 17.7 Å². The molecule has 3 heteroatoms. The molecule has 0 bridgehead atoms. The van der Waals surface area contributed by atoms with Crippen molar-refractivity contribution in [3.63, 3.8) is 0 Å². The predicted molar refractivity (Wildman–Crippen MR) is 71.7 cm³/mol. The maximum atomic E-state index is 9.07. The molecule has 1 aromatic rings. The quantitative estimate of drug-likeness (QED) is 0.866. The molecule has 1 unspecified atom stereocenters. The Hall–Kier alpha value is -1.53. The minimum absolute atomic E-state index is 0.211. The number of ether oxygens (including phenoxy) is 1. The SMILES string of the molecule is Cc1cc(C)c(OCC(C#N)NC2CC2)c(C)c1. The first-order chi connectivity index (χ1) is 8.60. The molecule has 1 aliphatic carbocycles. The average Bonchev–Trinajstić information content (AvgIpc) is 3.09. The first kappa shape index (κ1) is 12.9. The molecule has 1 N–H and O–H groups in total. The lowest BCUT2D eigenvalue weighted by atomic mass is 10.1. The Morgan fingerprint density at radius 3 is 2.44 bits per heavy atom. The molecule has 0 aliphatic heterocycles. The summed E-state index contributed by atoms with van der Waals surface area (Å²) in [7, 11) is 0. The first-order valence-electron chi connectivity index (χ1n) is 6.46. The van der Waals surface area contributed by atoms with Crippen LogP contribution in [0.3, 0.4) is 0 Å². The van der Waals surface area contributed by atoms with E-state index in [-0.39, 0.29) is 6.04 Å². The number of benzene rings is 1. The van der Waals surface area contributed by atoms with Crippen molar-refractivity contribution in [3.05, 3.63) is 28.8 Å². The number of hydrogen-bond acceptors (Lipinski definition) is 3. The van der Waals surface area contributed by atoms with Crippen LogP contribution in [0.5, 0.6) is 5.75 Å². The van der Waals surface area contributed by atoms with E-state index in [9.17, 15) is 0 Å². The van der Waals surface area contributed by atoms with Crippen molar-refractivity contribution in [2.45, 2.75) is 45.7 Å². The highest BCUT2D eigenvalue weighted by molar-refractivity contribution is 5.43. The molecule has 0 saturated heterocycles. The van der Waals surface area contributed by atoms with Crippen LogP contribution in [0.2, 0.25) is 0 Å². The number of nitrogens with zero attached hydrogens (tertiary/aromatic N) is 1. The molecule has 2 rings (SSSR count). The molecule has 0 heterocycles. The Kier molecular flexibility index (Phi) is 3.88. The molecule has 1 aliphatic rings. The van der Waals surface area contributed by atoms with Crippen molar-refractivity contribution in [3.8, 4) is 11.8 Å². The second-order valence-electron chi connectivity index (χ2n) is 5.16. The minimum atomic E-state index is -0.211. The molecule has 0 radical (unpaired) electrons. The third-order valence-electron chi connectivity index (χ3n) is 3.17. The third-order valence-corrected chi connectivity index (χ3v) is 3.17. The van der Waals surface area contributed by atoms with Crippen LogP contribution < -0.4 is 10.1 Å². The van der Waals surface area contributed by atoms with Crippen molar-refractivity contribution >= 4 is 0 Å². The minimum Gasteiger partial charge on any atom is -0.490 e. The van der Waals surface area contributed by atoms with Crippen LogP contribution in [-0.4, -0.2) is 18.7 Å². The van der Waals surface area contributed by atoms with Crippen molar-refractivity contribution in [2.75, 3.05) is 6.61 Å². The third kappa shape index (κ3) is 3.24. The summed E-state index contributed by atoms with van der Waals surface area (Å²) >= 11 is 0. The lowest BCUT2D eigenvalue weighted by Gasteiger charge is -2.16. The van der Waals surface area contributed by atoms with Crippen LogP contribution in [0, 0.1) is 32.1 Å². The fourth-order valence-corrected chi connectivity index (χ4v) is 2.22. The Morgan fingerprint density at radius 2 is 1.94 bits per heavy atom. The van der Waals surface area contributed by atoms with E-state index in [0.717, 1.165) is 16.9 Å². The highest BCUT2D eigenvalue weighted by atomic mass is 16.5. The number of rotatable bonds is 5. The number of hydrogen-bond donors (Lipinski definition) is 1. The zero-order valence-corrected chi connectivity index (χ0v) is 11.3. The average molecular weight is 244 g/mol. The Bertz CT molecular complexity index is 449. The summed E-state index contributed by atoms with van der Waals surface area (Å²) in [6.45, 7) is 6.59. The number of nitrogens with one attached hydrogen (secondary N) is 1. The van der Waals surface area contributed by atoms with Gasteiger partial charge in [-0.3, -0.25) is 5.32 Å². The first-order valence-corrected chi connectivity index (χ1v) is 6.46. The normalized spacial score (nSPS) is 16.1. The van der Waals surface area contributed by atoms with Gasteiger partial charge < -0.3 is 4.74 Å². The molecule has 0 aromatic heterocycles. The Labute approximate surface area is 109 Å². The molecule has 1 saturated carbocycles. The van der Waals surface area contributed by atoms with Gasteiger partial charge in [0.1, 0.15) is 18.4 Å². The van der Waals surface area contributed by atoms with Gasteiger partial charge in [0.25, 0.3) is 0 Å². The molecule has 96 valence electrons. The van der Waals surface area contributed by atoms with Crippen LogP contribution in [0.4, 0.5) is 0 Å². The predicted octanol–water partition coefficient (Wildman–Crippen LogP) is 2.63. The van der Waals surface area contributed by atoms with Gasteiger partial charge >= 0.3 is 0 Å². The van der Waals surface area contributed by atoms with Gasteiger partial charge in [0, 0.05) is 6.04 Å². The monoisotopic (exact) mass is 244 g/mol. The highest BCUT2D eigenvalue weighted by Crippen LogP contribution is 2.25. The van der Waals surface area contributed by atoms with Crippen LogP contribution in [0.15, 0.2) is 12.1 Å². The van der Waals surface area contributed by atoms with Gasteiger partial charge in [0.05, 0.1) is 6.07 Å². The van der Waals surface area contributed by atoms with Gasteiger partial charge in [-0.15, -0.1) is 0 Å². The molecule has 0 amide bonds. The lowest BCUT2D eigenvalue weighted by Crippen LogP contribution is -2.35. The van der Waals surface area contributed by atoms with Gasteiger partial charge in [-0.25, -0.2) is 0 Å². The maximum absolute atomic E-state index is 9.07. The van der Waals surface area contributed by atoms with Gasteiger partial charge in [-0.05, 0) is 44.7 Å². The summed E-state index contributed by atoms with van der Waals surface area (Å²) in [4.78, 5) is 0. The summed E-state index contributed by atoms with van der Waals surface area (Å²) in [5.41, 5.74) is 3.51. The van der Waals surface area contributed by atoms with Crippen molar-refractivity contribution in [2.24, 2.45) is 0 Å². The van der Waals surface area contributed by atoms with Gasteiger partial charge in [0.15, 0.2) is 0 Å². The molecule has 3 nitrogen and oxygen atoms in total. The second-order valence-corrected chi connectivity index (χ2v) is 5.16. The van der Waals surface area contributed by atoms with Crippen molar-refractivity contribution in [1.82, 2.24) is 5.32 Å². The molecular formula is C15H20N2O. The fourth-order valence-electron chi connectivity index (χ4n) is 2.22. The smallest absolute Gasteiger partial charge is 0.130 e. The van der Waals surface area contributed by atoms with E-state index in [1.54, 1.807) is 0 Å². The molecular weight excluding hydrogens is 224 g/mol. The maximum Gasteiger partial charge on any atom is 0.130 e. The molecule has 18 heavy (non-hydrogen) atoms. The van der Waals surface area contributed by atoms with Crippen LogP contribution in [0.25, 0.3) is 0 Å². The van der Waals surface area contributed by atoms with E-state index in [2.05, 4.69) is 30.4 Å². The summed E-state index contributed by atoms with van der Waals surface area (Å²) in [6.07, 6.45) is 2.36. The summed E-state index contributed by atoms with van der Waals surface area (Å²) in [5.74, 6) is 0.915. The molecule has 0 spiro atoms. The van der Waals surface area contributed by atoms with Gasteiger partial charge in [0.2, 0.25) is 0 Å². The van der Waals surface area contributed by atoms with E-state index < -0.39 is 0 Å². The Balaban J connectivity index is 1.98. The van der Waals surface area contributed by atoms with E-state index >= 15 is 0 Å². The highest BCUT2D eigenvalue weighted by Gasteiger charge is 2.24. The standard InChI is InChI=1S/C15H20N2O/c1-10-6-11(2)15(12(3)7-10)18-9-14(8-16)17-13-4-5-13/h6-7,13-14,17H,4-5,9H2,1-3H3. The lowest BCUT2D eigenvalue weighted by molar-refractivity contribution is 0.285. The topological polar surface area (TPSA) is 45.0 Å². The van der Waals surface area contributed by atoms with Crippen LogP contribution >= 0.6 is 0 Å². The van der Waals surface area contributed by atoms with E-state index in [1.807, 2.05) is 13.8 Å². The number of nitriles is 1. The van der Waals surface area contributed by atoms with Crippen LogP contribution in [0.1, 0.15) is 29.5 Å². The molecule has 1 aromatic carbocycles. The van der Waals surface area contributed by atoms with Crippen molar-refractivity contribution < 1.29 is 4.74 Å². The van der Waals surface area contributed by atoms with Crippen molar-refractivity contribution in [1.29, 1.82) is 5.26 Å². The molecule has 1 atom stereocenters.